The molecule has 20 heavy (non-hydrogen) atoms. The van der Waals surface area contributed by atoms with Crippen molar-refractivity contribution in [2.75, 3.05) is 6.54 Å². The number of aryl methyl sites for hydroxylation is 2. The molecule has 0 saturated heterocycles. The molecule has 114 valence electrons. The predicted octanol–water partition coefficient (Wildman–Crippen LogP) is 3.63. The summed E-state index contributed by atoms with van der Waals surface area (Å²) in [4.78, 5) is 4.74. The van der Waals surface area contributed by atoms with Gasteiger partial charge in [0.15, 0.2) is 0 Å². The van der Waals surface area contributed by atoms with Crippen LogP contribution in [0.3, 0.4) is 0 Å². The molecular formula is C17H31N3. The summed E-state index contributed by atoms with van der Waals surface area (Å²) in [6, 6.07) is 0.640. The molecule has 3 heteroatoms. The maximum atomic E-state index is 4.74. The Morgan fingerprint density at radius 3 is 2.85 bits per heavy atom. The van der Waals surface area contributed by atoms with Gasteiger partial charge in [-0.25, -0.2) is 4.98 Å². The van der Waals surface area contributed by atoms with Crippen molar-refractivity contribution in [3.63, 3.8) is 0 Å². The minimum atomic E-state index is 0.640. The minimum Gasteiger partial charge on any atom is -0.331 e. The van der Waals surface area contributed by atoms with Crippen molar-refractivity contribution in [2.45, 2.75) is 84.7 Å². The molecule has 1 aliphatic carbocycles. The number of nitrogens with zero attached hydrogens (tertiary/aromatic N) is 2. The van der Waals surface area contributed by atoms with E-state index in [0.29, 0.717) is 6.04 Å². The summed E-state index contributed by atoms with van der Waals surface area (Å²) < 4.78 is 2.44. The smallest absolute Gasteiger partial charge is 0.106 e. The molecule has 1 N–H and O–H groups in total. The first kappa shape index (κ1) is 15.6. The van der Waals surface area contributed by atoms with E-state index in [1.165, 1.54) is 68.6 Å². The molecule has 1 aromatic heterocycles. The number of hydrogen-bond donors (Lipinski definition) is 1. The average Bonchev–Trinajstić information content (AvgIpc) is 2.75. The van der Waals surface area contributed by atoms with Crippen LogP contribution in [-0.4, -0.2) is 22.1 Å². The van der Waals surface area contributed by atoms with Gasteiger partial charge in [-0.05, 0) is 46.0 Å². The molecule has 1 aromatic rings. The largest absolute Gasteiger partial charge is 0.331 e. The Balaban J connectivity index is 1.78. The lowest BCUT2D eigenvalue weighted by molar-refractivity contribution is 0.463. The van der Waals surface area contributed by atoms with Crippen LogP contribution in [-0.2, 0) is 19.4 Å². The Labute approximate surface area is 124 Å². The molecule has 0 aliphatic heterocycles. The molecule has 1 heterocycles. The second-order valence-corrected chi connectivity index (χ2v) is 6.26. The summed E-state index contributed by atoms with van der Waals surface area (Å²) in [6.45, 7) is 8.88. The Bertz CT molecular complexity index is 409. The molecule has 0 spiro atoms. The highest BCUT2D eigenvalue weighted by atomic mass is 15.1. The van der Waals surface area contributed by atoms with E-state index in [-0.39, 0.29) is 0 Å². The lowest BCUT2D eigenvalue weighted by Crippen LogP contribution is -2.30. The van der Waals surface area contributed by atoms with Crippen molar-refractivity contribution in [3.05, 3.63) is 17.2 Å². The van der Waals surface area contributed by atoms with Crippen molar-refractivity contribution in [1.82, 2.24) is 14.9 Å². The summed E-state index contributed by atoms with van der Waals surface area (Å²) in [5.74, 6) is 1.21. The third kappa shape index (κ3) is 4.08. The second kappa shape index (κ2) is 7.82. The van der Waals surface area contributed by atoms with E-state index in [2.05, 4.69) is 30.7 Å². The van der Waals surface area contributed by atoms with Crippen LogP contribution in [0.2, 0.25) is 0 Å². The van der Waals surface area contributed by atoms with Crippen molar-refractivity contribution in [1.29, 1.82) is 0 Å². The summed E-state index contributed by atoms with van der Waals surface area (Å²) in [5, 5.41) is 3.67. The van der Waals surface area contributed by atoms with Gasteiger partial charge in [0.05, 0.1) is 5.69 Å². The Morgan fingerprint density at radius 1 is 1.25 bits per heavy atom. The van der Waals surface area contributed by atoms with Crippen LogP contribution in [0.5, 0.6) is 0 Å². The molecule has 1 aliphatic rings. The lowest BCUT2D eigenvalue weighted by Gasteiger charge is -2.17. The number of hydrogen-bond acceptors (Lipinski definition) is 2. The van der Waals surface area contributed by atoms with Crippen LogP contribution >= 0.6 is 0 Å². The van der Waals surface area contributed by atoms with Crippen LogP contribution in [0.1, 0.15) is 69.6 Å². The van der Waals surface area contributed by atoms with Gasteiger partial charge in [0.2, 0.25) is 0 Å². The zero-order valence-electron chi connectivity index (χ0n) is 13.5. The molecule has 0 radical (unpaired) electrons. The Kier molecular flexibility index (Phi) is 6.08. The summed E-state index contributed by atoms with van der Waals surface area (Å²) >= 11 is 0. The second-order valence-electron chi connectivity index (χ2n) is 6.26. The molecule has 3 nitrogen and oxygen atoms in total. The maximum Gasteiger partial charge on any atom is 0.106 e. The highest BCUT2D eigenvalue weighted by molar-refractivity contribution is 5.19. The standard InChI is InChI=1S/C17H31N3/c1-4-5-6-9-14(2)18-12-13-20-15(3)19-16-10-7-8-11-17(16)20/h14,18H,4-13H2,1-3H3. The van der Waals surface area contributed by atoms with Crippen LogP contribution in [0, 0.1) is 6.92 Å². The third-order valence-electron chi connectivity index (χ3n) is 4.49. The molecule has 2 rings (SSSR count). The topological polar surface area (TPSA) is 29.9 Å². The number of rotatable bonds is 8. The average molecular weight is 277 g/mol. The molecule has 1 unspecified atom stereocenters. The quantitative estimate of drug-likeness (QED) is 0.735. The van der Waals surface area contributed by atoms with Crippen molar-refractivity contribution in [2.24, 2.45) is 0 Å². The number of aromatic nitrogens is 2. The van der Waals surface area contributed by atoms with Gasteiger partial charge in [-0.2, -0.15) is 0 Å². The number of unbranched alkanes of at least 4 members (excludes halogenated alkanes) is 2. The van der Waals surface area contributed by atoms with Gasteiger partial charge in [0.25, 0.3) is 0 Å². The molecule has 0 bridgehead atoms. The van der Waals surface area contributed by atoms with Crippen molar-refractivity contribution < 1.29 is 0 Å². The normalized spacial score (nSPS) is 16.1. The van der Waals surface area contributed by atoms with Gasteiger partial charge < -0.3 is 9.88 Å². The highest BCUT2D eigenvalue weighted by Gasteiger charge is 2.17. The van der Waals surface area contributed by atoms with E-state index in [1.807, 2.05) is 0 Å². The van der Waals surface area contributed by atoms with Crippen LogP contribution in [0.4, 0.5) is 0 Å². The van der Waals surface area contributed by atoms with Gasteiger partial charge in [-0.15, -0.1) is 0 Å². The summed E-state index contributed by atoms with van der Waals surface area (Å²) in [5.41, 5.74) is 2.87. The van der Waals surface area contributed by atoms with E-state index in [1.54, 1.807) is 0 Å². The molecule has 0 aromatic carbocycles. The van der Waals surface area contributed by atoms with Gasteiger partial charge in [-0.1, -0.05) is 26.2 Å². The lowest BCUT2D eigenvalue weighted by atomic mass is 10.0. The van der Waals surface area contributed by atoms with Gasteiger partial charge >= 0.3 is 0 Å². The van der Waals surface area contributed by atoms with E-state index in [4.69, 9.17) is 4.98 Å². The summed E-state index contributed by atoms with van der Waals surface area (Å²) in [6.07, 6.45) is 10.4. The zero-order chi connectivity index (χ0) is 14.4. The first-order valence-corrected chi connectivity index (χ1v) is 8.50. The van der Waals surface area contributed by atoms with Crippen molar-refractivity contribution in [3.8, 4) is 0 Å². The van der Waals surface area contributed by atoms with Crippen molar-refractivity contribution >= 4 is 0 Å². The first-order chi connectivity index (χ1) is 9.72. The molecule has 0 fully saturated rings. The van der Waals surface area contributed by atoms with Gasteiger partial charge in [0, 0.05) is 24.8 Å². The molecule has 1 atom stereocenters. The SMILES string of the molecule is CCCCCC(C)NCCn1c(C)nc2c1CCCC2. The van der Waals surface area contributed by atoms with E-state index in [0.717, 1.165) is 13.1 Å². The zero-order valence-corrected chi connectivity index (χ0v) is 13.5. The minimum absolute atomic E-state index is 0.640. The number of imidazole rings is 1. The molecule has 0 amide bonds. The monoisotopic (exact) mass is 277 g/mol. The van der Waals surface area contributed by atoms with E-state index in [9.17, 15) is 0 Å². The van der Waals surface area contributed by atoms with Gasteiger partial charge in [0.1, 0.15) is 5.82 Å². The van der Waals surface area contributed by atoms with Crippen LogP contribution in [0.25, 0.3) is 0 Å². The highest BCUT2D eigenvalue weighted by Crippen LogP contribution is 2.21. The maximum absolute atomic E-state index is 4.74. The fraction of sp³-hybridized carbons (Fsp3) is 0.824. The number of nitrogens with one attached hydrogen (secondary N) is 1. The third-order valence-corrected chi connectivity index (χ3v) is 4.49. The first-order valence-electron chi connectivity index (χ1n) is 8.50. The molecular weight excluding hydrogens is 246 g/mol. The Morgan fingerprint density at radius 2 is 2.05 bits per heavy atom. The Hall–Kier alpha value is -0.830. The number of fused-ring (bicyclic) bond motifs is 1. The van der Waals surface area contributed by atoms with Crippen LogP contribution in [0.15, 0.2) is 0 Å². The summed E-state index contributed by atoms with van der Waals surface area (Å²) in [7, 11) is 0. The predicted molar refractivity (Wildman–Crippen MR) is 85.2 cm³/mol. The fourth-order valence-corrected chi connectivity index (χ4v) is 3.26. The van der Waals surface area contributed by atoms with E-state index < -0.39 is 0 Å². The molecule has 0 saturated carbocycles. The van der Waals surface area contributed by atoms with Gasteiger partial charge in [-0.3, -0.25) is 0 Å². The van der Waals surface area contributed by atoms with E-state index >= 15 is 0 Å². The fourth-order valence-electron chi connectivity index (χ4n) is 3.26. The van der Waals surface area contributed by atoms with Crippen LogP contribution < -0.4 is 5.32 Å².